The summed E-state index contributed by atoms with van der Waals surface area (Å²) in [7, 11) is 1.72. The lowest BCUT2D eigenvalue weighted by Gasteiger charge is -2.10. The highest BCUT2D eigenvalue weighted by atomic mass is 16.5. The van der Waals surface area contributed by atoms with Gasteiger partial charge in [0, 0.05) is 12.6 Å². The molecule has 0 radical (unpaired) electrons. The number of hydrogen-bond acceptors (Lipinski definition) is 3. The largest absolute Gasteiger partial charge is 0.492 e. The molecule has 1 unspecified atom stereocenters. The van der Waals surface area contributed by atoms with E-state index in [-0.39, 0.29) is 5.92 Å². The summed E-state index contributed by atoms with van der Waals surface area (Å²) < 4.78 is 5.52. The van der Waals surface area contributed by atoms with E-state index in [1.165, 1.54) is 0 Å². The molecular formula is C10H13N3O. The smallest absolute Gasteiger partial charge is 0.123 e. The molecule has 0 aliphatic carbocycles. The molecule has 14 heavy (non-hydrogen) atoms. The SMILES string of the molecule is CN=C(NN)C1COc2ccccc21. The van der Waals surface area contributed by atoms with Gasteiger partial charge in [-0.25, -0.2) is 5.84 Å². The lowest BCUT2D eigenvalue weighted by Crippen LogP contribution is -2.35. The number of rotatable bonds is 1. The van der Waals surface area contributed by atoms with Crippen molar-refractivity contribution >= 4 is 5.84 Å². The zero-order chi connectivity index (χ0) is 9.97. The van der Waals surface area contributed by atoms with Crippen LogP contribution in [0.1, 0.15) is 11.5 Å². The van der Waals surface area contributed by atoms with Crippen molar-refractivity contribution in [1.29, 1.82) is 0 Å². The highest BCUT2D eigenvalue weighted by Gasteiger charge is 2.27. The molecule has 4 nitrogen and oxygen atoms in total. The molecule has 0 saturated heterocycles. The number of aliphatic imine (C=N–C) groups is 1. The molecule has 0 spiro atoms. The van der Waals surface area contributed by atoms with Gasteiger partial charge in [0.25, 0.3) is 0 Å². The summed E-state index contributed by atoms with van der Waals surface area (Å²) in [6.45, 7) is 0.607. The number of ether oxygens (including phenoxy) is 1. The summed E-state index contributed by atoms with van der Waals surface area (Å²) in [6, 6.07) is 7.94. The highest BCUT2D eigenvalue weighted by Crippen LogP contribution is 2.33. The topological polar surface area (TPSA) is 59.6 Å². The molecule has 1 aromatic rings. The molecule has 74 valence electrons. The minimum Gasteiger partial charge on any atom is -0.492 e. The fourth-order valence-electron chi connectivity index (χ4n) is 1.71. The highest BCUT2D eigenvalue weighted by molar-refractivity contribution is 5.89. The second-order valence-corrected chi connectivity index (χ2v) is 3.15. The predicted molar refractivity (Wildman–Crippen MR) is 55.4 cm³/mol. The van der Waals surface area contributed by atoms with Crippen molar-refractivity contribution in [2.75, 3.05) is 13.7 Å². The predicted octanol–water partition coefficient (Wildman–Crippen LogP) is 0.654. The quantitative estimate of drug-likeness (QED) is 0.296. The summed E-state index contributed by atoms with van der Waals surface area (Å²) in [5, 5.41) is 0. The molecule has 4 heteroatoms. The van der Waals surface area contributed by atoms with Crippen LogP contribution in [0.3, 0.4) is 0 Å². The number of nitrogens with one attached hydrogen (secondary N) is 1. The Hall–Kier alpha value is -1.55. The van der Waals surface area contributed by atoms with Gasteiger partial charge in [0.15, 0.2) is 0 Å². The van der Waals surface area contributed by atoms with Gasteiger partial charge < -0.3 is 10.2 Å². The van der Waals surface area contributed by atoms with Crippen molar-refractivity contribution in [3.63, 3.8) is 0 Å². The van der Waals surface area contributed by atoms with Gasteiger partial charge in [-0.2, -0.15) is 0 Å². The number of fused-ring (bicyclic) bond motifs is 1. The molecule has 0 bridgehead atoms. The first-order chi connectivity index (χ1) is 6.86. The number of hydrazine groups is 1. The molecule has 1 aliphatic rings. The van der Waals surface area contributed by atoms with Crippen LogP contribution in [0.25, 0.3) is 0 Å². The van der Waals surface area contributed by atoms with Gasteiger partial charge in [-0.1, -0.05) is 18.2 Å². The van der Waals surface area contributed by atoms with Gasteiger partial charge in [0.05, 0.1) is 5.92 Å². The van der Waals surface area contributed by atoms with E-state index < -0.39 is 0 Å². The standard InChI is InChI=1S/C10H13N3O/c1-12-10(13-11)8-6-14-9-5-3-2-4-7(8)9/h2-5,8H,6,11H2,1H3,(H,12,13). The Morgan fingerprint density at radius 2 is 2.36 bits per heavy atom. The number of nitrogens with zero attached hydrogens (tertiary/aromatic N) is 1. The Morgan fingerprint density at radius 3 is 3.07 bits per heavy atom. The van der Waals surface area contributed by atoms with E-state index in [1.807, 2.05) is 24.3 Å². The first-order valence-electron chi connectivity index (χ1n) is 4.52. The van der Waals surface area contributed by atoms with Crippen LogP contribution in [0, 0.1) is 0 Å². The first kappa shape index (κ1) is 9.02. The normalized spacial score (nSPS) is 20.1. The Morgan fingerprint density at radius 1 is 1.57 bits per heavy atom. The van der Waals surface area contributed by atoms with Crippen molar-refractivity contribution in [1.82, 2.24) is 5.43 Å². The van der Waals surface area contributed by atoms with Crippen LogP contribution < -0.4 is 16.0 Å². The van der Waals surface area contributed by atoms with E-state index in [2.05, 4.69) is 10.4 Å². The van der Waals surface area contributed by atoms with E-state index in [9.17, 15) is 0 Å². The van der Waals surface area contributed by atoms with Crippen molar-refractivity contribution in [2.24, 2.45) is 10.8 Å². The summed E-state index contributed by atoms with van der Waals surface area (Å²) >= 11 is 0. The second-order valence-electron chi connectivity index (χ2n) is 3.15. The van der Waals surface area contributed by atoms with E-state index in [4.69, 9.17) is 10.6 Å². The maximum atomic E-state index is 5.52. The Bertz CT molecular complexity index is 362. The average molecular weight is 191 g/mol. The van der Waals surface area contributed by atoms with E-state index >= 15 is 0 Å². The number of benzene rings is 1. The Labute approximate surface area is 82.8 Å². The summed E-state index contributed by atoms with van der Waals surface area (Å²) in [4.78, 5) is 4.09. The molecule has 2 rings (SSSR count). The summed E-state index contributed by atoms with van der Waals surface area (Å²) in [5.41, 5.74) is 3.75. The molecule has 1 heterocycles. The van der Waals surface area contributed by atoms with E-state index in [0.29, 0.717) is 6.61 Å². The fraction of sp³-hybridized carbons (Fsp3) is 0.300. The molecule has 0 aromatic heterocycles. The van der Waals surface area contributed by atoms with Gasteiger partial charge in [0.2, 0.25) is 0 Å². The van der Waals surface area contributed by atoms with Crippen molar-refractivity contribution in [3.05, 3.63) is 29.8 Å². The minimum atomic E-state index is 0.140. The minimum absolute atomic E-state index is 0.140. The first-order valence-corrected chi connectivity index (χ1v) is 4.52. The molecule has 1 aliphatic heterocycles. The average Bonchev–Trinajstić information content (AvgIpc) is 2.65. The third-order valence-corrected chi connectivity index (χ3v) is 2.42. The lowest BCUT2D eigenvalue weighted by molar-refractivity contribution is 0.348. The van der Waals surface area contributed by atoms with E-state index in [1.54, 1.807) is 7.05 Å². The van der Waals surface area contributed by atoms with Gasteiger partial charge in [-0.05, 0) is 6.07 Å². The van der Waals surface area contributed by atoms with Gasteiger partial charge in [0.1, 0.15) is 18.2 Å². The summed E-state index contributed by atoms with van der Waals surface area (Å²) in [6.07, 6.45) is 0. The Balaban J connectivity index is 2.34. The monoisotopic (exact) mass is 191 g/mol. The maximum absolute atomic E-state index is 5.52. The zero-order valence-electron chi connectivity index (χ0n) is 8.03. The fourth-order valence-corrected chi connectivity index (χ4v) is 1.71. The van der Waals surface area contributed by atoms with Crippen LogP contribution in [0.5, 0.6) is 5.75 Å². The maximum Gasteiger partial charge on any atom is 0.123 e. The van der Waals surface area contributed by atoms with Crippen molar-refractivity contribution in [3.8, 4) is 5.75 Å². The van der Waals surface area contributed by atoms with E-state index in [0.717, 1.165) is 17.1 Å². The molecule has 3 N–H and O–H groups in total. The molecule has 0 amide bonds. The number of nitrogens with two attached hydrogens (primary N) is 1. The third-order valence-electron chi connectivity index (χ3n) is 2.42. The second kappa shape index (κ2) is 3.67. The zero-order valence-corrected chi connectivity index (χ0v) is 8.03. The molecule has 0 saturated carbocycles. The van der Waals surface area contributed by atoms with Crippen LogP contribution in [-0.4, -0.2) is 19.5 Å². The van der Waals surface area contributed by atoms with Crippen molar-refractivity contribution in [2.45, 2.75) is 5.92 Å². The van der Waals surface area contributed by atoms with Crippen LogP contribution in [0.15, 0.2) is 29.3 Å². The lowest BCUT2D eigenvalue weighted by atomic mass is 10.0. The van der Waals surface area contributed by atoms with Crippen LogP contribution in [-0.2, 0) is 0 Å². The van der Waals surface area contributed by atoms with Gasteiger partial charge in [-0.3, -0.25) is 4.99 Å². The van der Waals surface area contributed by atoms with Crippen LogP contribution >= 0.6 is 0 Å². The molecule has 1 aromatic carbocycles. The summed E-state index contributed by atoms with van der Waals surface area (Å²) in [5.74, 6) is 7.21. The third kappa shape index (κ3) is 1.33. The number of para-hydroxylation sites is 1. The van der Waals surface area contributed by atoms with Crippen LogP contribution in [0.2, 0.25) is 0 Å². The van der Waals surface area contributed by atoms with Gasteiger partial charge in [-0.15, -0.1) is 0 Å². The van der Waals surface area contributed by atoms with Gasteiger partial charge >= 0.3 is 0 Å². The molecule has 1 atom stereocenters. The molecule has 0 fully saturated rings. The van der Waals surface area contributed by atoms with Crippen molar-refractivity contribution < 1.29 is 4.74 Å². The molecular weight excluding hydrogens is 178 g/mol. The van der Waals surface area contributed by atoms with Crippen LogP contribution in [0.4, 0.5) is 0 Å². The Kier molecular flexibility index (Phi) is 2.37. The number of hydrogen-bond donors (Lipinski definition) is 2. The number of amidine groups is 1.